The molecule has 3 aromatic heterocycles. The lowest BCUT2D eigenvalue weighted by Crippen LogP contribution is -2.28. The van der Waals surface area contributed by atoms with Crippen LogP contribution in [0.4, 0.5) is 24.7 Å². The van der Waals surface area contributed by atoms with E-state index in [4.69, 9.17) is 21.5 Å². The molecule has 1 amide bonds. The van der Waals surface area contributed by atoms with Gasteiger partial charge in [0, 0.05) is 25.8 Å². The number of hydrogen-bond donors (Lipinski definition) is 3. The maximum atomic E-state index is 12.6. The van der Waals surface area contributed by atoms with Crippen LogP contribution in [0.5, 0.6) is 0 Å². The zero-order valence-electron chi connectivity index (χ0n) is 16.4. The summed E-state index contributed by atoms with van der Waals surface area (Å²) < 4.78 is 33.9. The Labute approximate surface area is 188 Å². The molecule has 1 aliphatic heterocycles. The Kier molecular flexibility index (Phi) is 7.53. The monoisotopic (exact) mass is 490 g/mol. The van der Waals surface area contributed by atoms with Crippen molar-refractivity contribution in [1.29, 1.82) is 0 Å². The highest BCUT2D eigenvalue weighted by Crippen LogP contribution is 2.28. The maximum Gasteiger partial charge on any atom is 0.490 e. The summed E-state index contributed by atoms with van der Waals surface area (Å²) in [6.45, 7) is 3.77. The number of rotatable bonds is 3. The standard InChI is InChI=1S/C16H17ClN6OS.C2HF3O2/c17-14-12(3-9-25-14)20-16(24)11-10-19-23-7-2-13(21-15(11)23)22-6-1-4-18-5-8-22;3-2(4,5)1(6)7/h2-3,7,9-10,18H,1,4-6,8H2,(H,20,24);(H,6,7). The number of carbonyl (C=O) groups is 2. The summed E-state index contributed by atoms with van der Waals surface area (Å²) >= 11 is 7.43. The highest BCUT2D eigenvalue weighted by atomic mass is 35.5. The maximum absolute atomic E-state index is 12.6. The van der Waals surface area contributed by atoms with E-state index >= 15 is 0 Å². The number of amides is 1. The lowest BCUT2D eigenvalue weighted by Gasteiger charge is -2.20. The van der Waals surface area contributed by atoms with Gasteiger partial charge in [0.25, 0.3) is 5.91 Å². The van der Waals surface area contributed by atoms with Gasteiger partial charge in [0.05, 0.1) is 11.9 Å². The number of aliphatic carboxylic acids is 1. The predicted molar refractivity (Wildman–Crippen MR) is 114 cm³/mol. The van der Waals surface area contributed by atoms with E-state index in [0.717, 1.165) is 38.4 Å². The fraction of sp³-hybridized carbons (Fsp3) is 0.333. The van der Waals surface area contributed by atoms with Crippen molar-refractivity contribution in [3.8, 4) is 0 Å². The number of alkyl halides is 3. The van der Waals surface area contributed by atoms with Gasteiger partial charge in [-0.05, 0) is 30.5 Å². The summed E-state index contributed by atoms with van der Waals surface area (Å²) in [6.07, 6.45) is -0.647. The topological polar surface area (TPSA) is 112 Å². The summed E-state index contributed by atoms with van der Waals surface area (Å²) in [5.74, 6) is -2.16. The molecular weight excluding hydrogens is 473 g/mol. The van der Waals surface area contributed by atoms with Gasteiger partial charge < -0.3 is 20.6 Å². The van der Waals surface area contributed by atoms with Gasteiger partial charge in [0.2, 0.25) is 0 Å². The molecule has 1 saturated heterocycles. The number of aromatic nitrogens is 3. The van der Waals surface area contributed by atoms with Gasteiger partial charge in [-0.1, -0.05) is 11.6 Å². The summed E-state index contributed by atoms with van der Waals surface area (Å²) in [7, 11) is 0. The van der Waals surface area contributed by atoms with E-state index in [-0.39, 0.29) is 5.91 Å². The van der Waals surface area contributed by atoms with E-state index < -0.39 is 12.1 Å². The quantitative estimate of drug-likeness (QED) is 0.517. The van der Waals surface area contributed by atoms with Crippen molar-refractivity contribution in [2.45, 2.75) is 12.6 Å². The minimum absolute atomic E-state index is 0.266. The number of hydrogen-bond acceptors (Lipinski definition) is 7. The van der Waals surface area contributed by atoms with Gasteiger partial charge in [-0.2, -0.15) is 18.3 Å². The molecule has 0 aromatic carbocycles. The molecule has 172 valence electrons. The number of carboxylic acid groups (broad SMARTS) is 1. The molecule has 9 nitrogen and oxygen atoms in total. The fourth-order valence-corrected chi connectivity index (χ4v) is 3.68. The molecule has 0 bridgehead atoms. The number of nitrogens with one attached hydrogen (secondary N) is 2. The SMILES string of the molecule is O=C(Nc1ccsc1Cl)c1cnn2ccc(N3CCCNCC3)nc12.O=C(O)C(F)(F)F. The van der Waals surface area contributed by atoms with Crippen LogP contribution in [0, 0.1) is 0 Å². The molecule has 3 N–H and O–H groups in total. The lowest BCUT2D eigenvalue weighted by molar-refractivity contribution is -0.192. The van der Waals surface area contributed by atoms with Crippen LogP contribution in [-0.4, -0.2) is 63.9 Å². The number of anilines is 2. The van der Waals surface area contributed by atoms with Crippen LogP contribution < -0.4 is 15.5 Å². The first kappa shape index (κ1) is 23.8. The predicted octanol–water partition coefficient (Wildman–Crippen LogP) is 3.13. The molecular formula is C18H18ClF3N6O3S. The Bertz CT molecular complexity index is 1100. The van der Waals surface area contributed by atoms with Crippen LogP contribution in [-0.2, 0) is 4.79 Å². The molecule has 3 aromatic rings. The summed E-state index contributed by atoms with van der Waals surface area (Å²) in [5.41, 5.74) is 1.57. The second-order valence-corrected chi connectivity index (χ2v) is 8.09. The average Bonchev–Trinajstić information content (AvgIpc) is 3.23. The Balaban J connectivity index is 0.000000360. The number of halogens is 4. The van der Waals surface area contributed by atoms with Crippen LogP contribution >= 0.6 is 22.9 Å². The van der Waals surface area contributed by atoms with Crippen LogP contribution in [0.3, 0.4) is 0 Å². The normalized spacial score (nSPS) is 14.4. The van der Waals surface area contributed by atoms with Crippen molar-refractivity contribution in [2.24, 2.45) is 0 Å². The first-order valence-electron chi connectivity index (χ1n) is 9.31. The smallest absolute Gasteiger partial charge is 0.475 e. The highest BCUT2D eigenvalue weighted by Gasteiger charge is 2.38. The highest BCUT2D eigenvalue weighted by molar-refractivity contribution is 7.15. The number of carbonyl (C=O) groups excluding carboxylic acids is 1. The average molecular weight is 491 g/mol. The molecule has 32 heavy (non-hydrogen) atoms. The van der Waals surface area contributed by atoms with Gasteiger partial charge in [0.15, 0.2) is 5.65 Å². The van der Waals surface area contributed by atoms with Gasteiger partial charge >= 0.3 is 12.1 Å². The van der Waals surface area contributed by atoms with Crippen LogP contribution in [0.2, 0.25) is 4.34 Å². The van der Waals surface area contributed by atoms with Gasteiger partial charge in [-0.3, -0.25) is 4.79 Å². The van der Waals surface area contributed by atoms with E-state index in [2.05, 4.69) is 25.6 Å². The Morgan fingerprint density at radius 1 is 1.25 bits per heavy atom. The molecule has 1 fully saturated rings. The van der Waals surface area contributed by atoms with Crippen molar-refractivity contribution in [3.63, 3.8) is 0 Å². The summed E-state index contributed by atoms with van der Waals surface area (Å²) in [5, 5.41) is 19.4. The lowest BCUT2D eigenvalue weighted by atomic mass is 10.3. The number of thiophene rings is 1. The fourth-order valence-electron chi connectivity index (χ4n) is 2.84. The summed E-state index contributed by atoms with van der Waals surface area (Å²) in [6, 6.07) is 3.71. The third-order valence-electron chi connectivity index (χ3n) is 4.37. The minimum Gasteiger partial charge on any atom is -0.475 e. The number of carboxylic acids is 1. The van der Waals surface area contributed by atoms with E-state index in [1.54, 1.807) is 10.6 Å². The Morgan fingerprint density at radius 3 is 2.66 bits per heavy atom. The van der Waals surface area contributed by atoms with Crippen molar-refractivity contribution >= 4 is 52.0 Å². The summed E-state index contributed by atoms with van der Waals surface area (Å²) in [4.78, 5) is 28.4. The van der Waals surface area contributed by atoms with Gasteiger partial charge in [-0.15, -0.1) is 11.3 Å². The van der Waals surface area contributed by atoms with Gasteiger partial charge in [-0.25, -0.2) is 14.3 Å². The zero-order chi connectivity index (χ0) is 23.3. The van der Waals surface area contributed by atoms with Crippen LogP contribution in [0.1, 0.15) is 16.8 Å². The molecule has 4 rings (SSSR count). The van der Waals surface area contributed by atoms with Crippen molar-refractivity contribution in [2.75, 3.05) is 36.4 Å². The van der Waals surface area contributed by atoms with Crippen molar-refractivity contribution in [1.82, 2.24) is 19.9 Å². The van der Waals surface area contributed by atoms with E-state index in [1.807, 2.05) is 17.6 Å². The van der Waals surface area contributed by atoms with Crippen LogP contribution in [0.25, 0.3) is 5.65 Å². The Morgan fingerprint density at radius 2 is 2.00 bits per heavy atom. The molecule has 0 spiro atoms. The number of nitrogens with zero attached hydrogens (tertiary/aromatic N) is 4. The van der Waals surface area contributed by atoms with E-state index in [9.17, 15) is 18.0 Å². The molecule has 0 atom stereocenters. The first-order valence-corrected chi connectivity index (χ1v) is 10.6. The number of fused-ring (bicyclic) bond motifs is 1. The minimum atomic E-state index is -5.08. The third kappa shape index (κ3) is 5.87. The van der Waals surface area contributed by atoms with E-state index in [1.165, 1.54) is 17.5 Å². The first-order chi connectivity index (χ1) is 15.2. The molecule has 4 heterocycles. The molecule has 0 unspecified atom stereocenters. The third-order valence-corrected chi connectivity index (χ3v) is 5.54. The van der Waals surface area contributed by atoms with E-state index in [0.29, 0.717) is 21.2 Å². The zero-order valence-corrected chi connectivity index (χ0v) is 18.0. The van der Waals surface area contributed by atoms with Crippen molar-refractivity contribution in [3.05, 3.63) is 39.8 Å². The molecule has 0 radical (unpaired) electrons. The molecule has 1 aliphatic rings. The Hall–Kier alpha value is -2.90. The largest absolute Gasteiger partial charge is 0.490 e. The second-order valence-electron chi connectivity index (χ2n) is 6.57. The molecule has 14 heteroatoms. The molecule has 0 saturated carbocycles. The van der Waals surface area contributed by atoms with Crippen LogP contribution in [0.15, 0.2) is 29.9 Å². The van der Waals surface area contributed by atoms with Crippen molar-refractivity contribution < 1.29 is 27.9 Å². The second kappa shape index (κ2) is 10.1. The van der Waals surface area contributed by atoms with Gasteiger partial charge in [0.1, 0.15) is 15.7 Å². The molecule has 0 aliphatic carbocycles.